The number of nitrogens with zero attached hydrogens (tertiary/aromatic N) is 1. The zero-order valence-corrected chi connectivity index (χ0v) is 13.8. The molecule has 0 aromatic carbocycles. The molecule has 1 atom stereocenters. The fourth-order valence-electron chi connectivity index (χ4n) is 2.27. The largest absolute Gasteiger partial charge is 0.309 e. The molecular weight excluding hydrogens is 302 g/mol. The van der Waals surface area contributed by atoms with Crippen molar-refractivity contribution in [3.8, 4) is 0 Å². The van der Waals surface area contributed by atoms with E-state index < -0.39 is 0 Å². The lowest BCUT2D eigenvalue weighted by molar-refractivity contribution is 0.567. The Morgan fingerprint density at radius 3 is 2.95 bits per heavy atom. The number of aromatic nitrogens is 2. The summed E-state index contributed by atoms with van der Waals surface area (Å²) in [6, 6.07) is 4.40. The predicted molar refractivity (Wildman–Crippen MR) is 89.3 cm³/mol. The van der Waals surface area contributed by atoms with E-state index >= 15 is 0 Å². The Kier molecular flexibility index (Phi) is 3.93. The van der Waals surface area contributed by atoms with Gasteiger partial charge in [-0.2, -0.15) is 0 Å². The first-order valence-electron chi connectivity index (χ1n) is 6.82. The lowest BCUT2D eigenvalue weighted by Gasteiger charge is -2.11. The zero-order chi connectivity index (χ0) is 15.0. The highest BCUT2D eigenvalue weighted by molar-refractivity contribution is 7.18. The first-order valence-corrected chi connectivity index (χ1v) is 8.51. The van der Waals surface area contributed by atoms with E-state index in [-0.39, 0.29) is 11.6 Å². The highest BCUT2D eigenvalue weighted by atomic mass is 32.1. The molecule has 1 unspecified atom stereocenters. The van der Waals surface area contributed by atoms with Crippen LogP contribution in [0.5, 0.6) is 0 Å². The summed E-state index contributed by atoms with van der Waals surface area (Å²) in [4.78, 5) is 22.9. The van der Waals surface area contributed by atoms with Gasteiger partial charge >= 0.3 is 0 Å². The Morgan fingerprint density at radius 1 is 1.43 bits per heavy atom. The van der Waals surface area contributed by atoms with Crippen LogP contribution in [0.3, 0.4) is 0 Å². The van der Waals surface area contributed by atoms with Crippen LogP contribution >= 0.6 is 22.7 Å². The second-order valence-electron chi connectivity index (χ2n) is 5.09. The summed E-state index contributed by atoms with van der Waals surface area (Å²) in [5.74, 6) is 0.692. The molecule has 0 saturated carbocycles. The molecule has 0 aliphatic carbocycles. The monoisotopic (exact) mass is 319 g/mol. The summed E-state index contributed by atoms with van der Waals surface area (Å²) in [7, 11) is 0. The Balaban J connectivity index is 1.83. The molecule has 21 heavy (non-hydrogen) atoms. The molecule has 6 heteroatoms. The standard InChI is InChI=1S/C15H17N3OS2/c1-8-10(3)21-15-13(8)14(19)17-12(18-15)7-16-9(2)11-5-4-6-20-11/h4-6,9,16H,7H2,1-3H3,(H,17,18,19). The molecule has 3 aromatic heterocycles. The van der Waals surface area contributed by atoms with E-state index in [1.54, 1.807) is 22.7 Å². The number of H-pyrrole nitrogens is 1. The lowest BCUT2D eigenvalue weighted by atomic mass is 10.2. The van der Waals surface area contributed by atoms with Crippen molar-refractivity contribution < 1.29 is 0 Å². The topological polar surface area (TPSA) is 57.8 Å². The summed E-state index contributed by atoms with van der Waals surface area (Å²) in [5, 5.41) is 6.19. The number of rotatable bonds is 4. The van der Waals surface area contributed by atoms with Crippen molar-refractivity contribution in [2.45, 2.75) is 33.4 Å². The molecule has 0 fully saturated rings. The quantitative estimate of drug-likeness (QED) is 0.773. The van der Waals surface area contributed by atoms with E-state index in [0.717, 1.165) is 20.7 Å². The normalized spacial score (nSPS) is 12.9. The van der Waals surface area contributed by atoms with Crippen LogP contribution in [0.15, 0.2) is 22.3 Å². The minimum Gasteiger partial charge on any atom is -0.309 e. The smallest absolute Gasteiger partial charge is 0.259 e. The molecule has 0 saturated heterocycles. The number of thiophene rings is 2. The van der Waals surface area contributed by atoms with Crippen LogP contribution in [-0.4, -0.2) is 9.97 Å². The molecule has 0 bridgehead atoms. The summed E-state index contributed by atoms with van der Waals surface area (Å²) < 4.78 is 0. The number of aromatic amines is 1. The van der Waals surface area contributed by atoms with Gasteiger partial charge in [-0.3, -0.25) is 4.79 Å². The van der Waals surface area contributed by atoms with Crippen LogP contribution in [0.4, 0.5) is 0 Å². The van der Waals surface area contributed by atoms with Crippen LogP contribution in [0, 0.1) is 13.8 Å². The number of aryl methyl sites for hydroxylation is 2. The Hall–Kier alpha value is -1.50. The van der Waals surface area contributed by atoms with E-state index in [9.17, 15) is 4.79 Å². The maximum Gasteiger partial charge on any atom is 0.259 e. The van der Waals surface area contributed by atoms with Gasteiger partial charge in [-0.1, -0.05) is 6.07 Å². The number of nitrogens with one attached hydrogen (secondary N) is 2. The van der Waals surface area contributed by atoms with Gasteiger partial charge in [0, 0.05) is 15.8 Å². The van der Waals surface area contributed by atoms with Crippen molar-refractivity contribution >= 4 is 32.9 Å². The summed E-state index contributed by atoms with van der Waals surface area (Å²) >= 11 is 3.31. The number of hydrogen-bond donors (Lipinski definition) is 2. The molecule has 110 valence electrons. The molecule has 0 aliphatic rings. The zero-order valence-electron chi connectivity index (χ0n) is 12.2. The number of hydrogen-bond acceptors (Lipinski definition) is 5. The molecule has 4 nitrogen and oxygen atoms in total. The van der Waals surface area contributed by atoms with Crippen molar-refractivity contribution in [3.05, 3.63) is 49.0 Å². The van der Waals surface area contributed by atoms with E-state index in [2.05, 4.69) is 33.7 Å². The minimum atomic E-state index is -0.0394. The predicted octanol–water partition coefficient (Wildman–Crippen LogP) is 3.51. The van der Waals surface area contributed by atoms with Crippen LogP contribution in [0.2, 0.25) is 0 Å². The van der Waals surface area contributed by atoms with Crippen molar-refractivity contribution in [1.29, 1.82) is 0 Å². The third-order valence-corrected chi connectivity index (χ3v) is 5.79. The molecule has 0 radical (unpaired) electrons. The van der Waals surface area contributed by atoms with Crippen LogP contribution in [0.1, 0.15) is 34.1 Å². The van der Waals surface area contributed by atoms with Gasteiger partial charge in [0.05, 0.1) is 11.9 Å². The highest BCUT2D eigenvalue weighted by Gasteiger charge is 2.12. The van der Waals surface area contributed by atoms with Crippen LogP contribution < -0.4 is 10.9 Å². The number of fused-ring (bicyclic) bond motifs is 1. The third kappa shape index (κ3) is 2.79. The van der Waals surface area contributed by atoms with Gasteiger partial charge in [-0.25, -0.2) is 4.98 Å². The fourth-order valence-corrected chi connectivity index (χ4v) is 4.08. The van der Waals surface area contributed by atoms with Crippen molar-refractivity contribution in [2.24, 2.45) is 0 Å². The Morgan fingerprint density at radius 2 is 2.24 bits per heavy atom. The fraction of sp³-hybridized carbons (Fsp3) is 0.333. The lowest BCUT2D eigenvalue weighted by Crippen LogP contribution is -2.21. The van der Waals surface area contributed by atoms with E-state index in [1.165, 1.54) is 4.88 Å². The molecule has 3 aromatic rings. The van der Waals surface area contributed by atoms with Gasteiger partial charge in [0.2, 0.25) is 0 Å². The van der Waals surface area contributed by atoms with Gasteiger partial charge in [0.25, 0.3) is 5.56 Å². The van der Waals surface area contributed by atoms with Crippen LogP contribution in [-0.2, 0) is 6.54 Å². The molecular formula is C15H17N3OS2. The SMILES string of the molecule is Cc1sc2nc(CNC(C)c3cccs3)[nH]c(=O)c2c1C. The second-order valence-corrected chi connectivity index (χ2v) is 7.28. The first-order chi connectivity index (χ1) is 10.1. The summed E-state index contributed by atoms with van der Waals surface area (Å²) in [6.07, 6.45) is 0. The maximum atomic E-state index is 12.2. The van der Waals surface area contributed by atoms with Gasteiger partial charge in [-0.05, 0) is 37.8 Å². The van der Waals surface area contributed by atoms with E-state index in [1.807, 2.05) is 19.9 Å². The molecule has 3 rings (SSSR count). The van der Waals surface area contributed by atoms with Crippen molar-refractivity contribution in [1.82, 2.24) is 15.3 Å². The minimum absolute atomic E-state index is 0.0394. The van der Waals surface area contributed by atoms with Gasteiger partial charge < -0.3 is 10.3 Å². The molecule has 0 spiro atoms. The average molecular weight is 319 g/mol. The molecule has 0 aliphatic heterocycles. The Labute approximate surface area is 130 Å². The molecule has 0 amide bonds. The maximum absolute atomic E-state index is 12.2. The molecule has 3 heterocycles. The van der Waals surface area contributed by atoms with Gasteiger partial charge in [0.1, 0.15) is 10.7 Å². The summed E-state index contributed by atoms with van der Waals surface area (Å²) in [5.41, 5.74) is 0.998. The second kappa shape index (κ2) is 5.71. The third-order valence-electron chi connectivity index (χ3n) is 3.63. The van der Waals surface area contributed by atoms with E-state index in [0.29, 0.717) is 12.4 Å². The van der Waals surface area contributed by atoms with Crippen LogP contribution in [0.25, 0.3) is 10.2 Å². The van der Waals surface area contributed by atoms with E-state index in [4.69, 9.17) is 0 Å². The Bertz CT molecular complexity index is 817. The van der Waals surface area contributed by atoms with Gasteiger partial charge in [-0.15, -0.1) is 22.7 Å². The molecule has 2 N–H and O–H groups in total. The summed E-state index contributed by atoms with van der Waals surface area (Å²) in [6.45, 7) is 6.67. The first kappa shape index (κ1) is 14.4. The average Bonchev–Trinajstić information content (AvgIpc) is 3.06. The van der Waals surface area contributed by atoms with Crippen molar-refractivity contribution in [2.75, 3.05) is 0 Å². The van der Waals surface area contributed by atoms with Gasteiger partial charge in [0.15, 0.2) is 0 Å². The highest BCUT2D eigenvalue weighted by Crippen LogP contribution is 2.25. The van der Waals surface area contributed by atoms with Crippen molar-refractivity contribution in [3.63, 3.8) is 0 Å².